The second-order valence-corrected chi connectivity index (χ2v) is 4.53. The molecule has 1 aromatic carbocycles. The summed E-state index contributed by atoms with van der Waals surface area (Å²) in [5, 5.41) is 9.93. The van der Waals surface area contributed by atoms with Gasteiger partial charge in [0, 0.05) is 15.6 Å². The second kappa shape index (κ2) is 5.51. The average molecular weight is 303 g/mol. The molecule has 0 saturated heterocycles. The van der Waals surface area contributed by atoms with Crippen LogP contribution in [-0.2, 0) is 9.53 Å². The van der Waals surface area contributed by atoms with E-state index in [1.807, 2.05) is 13.0 Å². The summed E-state index contributed by atoms with van der Waals surface area (Å²) in [6, 6.07) is 1.83. The number of esters is 1. The van der Waals surface area contributed by atoms with Crippen LogP contribution in [0.15, 0.2) is 10.5 Å². The minimum absolute atomic E-state index is 0.444. The molecule has 0 spiro atoms. The third kappa shape index (κ3) is 2.61. The second-order valence-electron chi connectivity index (χ2n) is 3.67. The van der Waals surface area contributed by atoms with E-state index >= 15 is 0 Å². The van der Waals surface area contributed by atoms with E-state index in [1.165, 1.54) is 14.2 Å². The lowest BCUT2D eigenvalue weighted by molar-refractivity contribution is -0.150. The number of carbonyl (C=O) groups is 1. The van der Waals surface area contributed by atoms with E-state index in [0.29, 0.717) is 11.3 Å². The molecule has 0 amide bonds. The molecule has 0 saturated carbocycles. The Morgan fingerprint density at radius 1 is 1.41 bits per heavy atom. The number of aryl methyl sites for hydroxylation is 1. The van der Waals surface area contributed by atoms with Crippen LogP contribution in [0.5, 0.6) is 5.75 Å². The lowest BCUT2D eigenvalue weighted by Crippen LogP contribution is -2.16. The molecule has 1 N–H and O–H groups in total. The molecule has 1 unspecified atom stereocenters. The Kier molecular flexibility index (Phi) is 4.54. The molecule has 1 atom stereocenters. The summed E-state index contributed by atoms with van der Waals surface area (Å²) in [4.78, 5) is 11.4. The SMILES string of the molecule is COC(=O)C(O)c1c(C)cc(Br)c(C)c1OC. The number of hydrogen-bond acceptors (Lipinski definition) is 4. The predicted octanol–water partition coefficient (Wildman–Crippen LogP) is 2.28. The molecule has 0 bridgehead atoms. The highest BCUT2D eigenvalue weighted by Gasteiger charge is 2.26. The van der Waals surface area contributed by atoms with Gasteiger partial charge in [0.25, 0.3) is 0 Å². The highest BCUT2D eigenvalue weighted by Crippen LogP contribution is 2.36. The topological polar surface area (TPSA) is 55.8 Å². The number of methoxy groups -OCH3 is 2. The van der Waals surface area contributed by atoms with E-state index in [9.17, 15) is 9.90 Å². The van der Waals surface area contributed by atoms with Crippen molar-refractivity contribution in [2.45, 2.75) is 20.0 Å². The maximum Gasteiger partial charge on any atom is 0.339 e. The fourth-order valence-electron chi connectivity index (χ4n) is 1.70. The summed E-state index contributed by atoms with van der Waals surface area (Å²) < 4.78 is 10.7. The number of rotatable bonds is 3. The molecule has 4 nitrogen and oxygen atoms in total. The largest absolute Gasteiger partial charge is 0.496 e. The number of halogens is 1. The number of hydrogen-bond donors (Lipinski definition) is 1. The Labute approximate surface area is 109 Å². The molecule has 0 aliphatic heterocycles. The molecule has 0 aromatic heterocycles. The lowest BCUT2D eigenvalue weighted by atomic mass is 9.99. The molecule has 0 aliphatic carbocycles. The smallest absolute Gasteiger partial charge is 0.339 e. The maximum absolute atomic E-state index is 11.4. The van der Waals surface area contributed by atoms with Crippen molar-refractivity contribution in [2.75, 3.05) is 14.2 Å². The van der Waals surface area contributed by atoms with Gasteiger partial charge in [-0.15, -0.1) is 0 Å². The average Bonchev–Trinajstić information content (AvgIpc) is 2.31. The molecule has 94 valence electrons. The summed E-state index contributed by atoms with van der Waals surface area (Å²) in [6.07, 6.45) is -1.33. The molecule has 17 heavy (non-hydrogen) atoms. The normalized spacial score (nSPS) is 12.1. The van der Waals surface area contributed by atoms with Crippen molar-refractivity contribution in [3.05, 3.63) is 27.2 Å². The Hall–Kier alpha value is -1.07. The first kappa shape index (κ1) is 14.0. The van der Waals surface area contributed by atoms with Crippen LogP contribution >= 0.6 is 15.9 Å². The van der Waals surface area contributed by atoms with E-state index in [4.69, 9.17) is 4.74 Å². The van der Waals surface area contributed by atoms with E-state index in [2.05, 4.69) is 20.7 Å². The lowest BCUT2D eigenvalue weighted by Gasteiger charge is -2.18. The quantitative estimate of drug-likeness (QED) is 0.870. The van der Waals surface area contributed by atoms with E-state index in [0.717, 1.165) is 15.6 Å². The van der Waals surface area contributed by atoms with Gasteiger partial charge in [-0.05, 0) is 25.5 Å². The van der Waals surface area contributed by atoms with Crippen molar-refractivity contribution in [3.63, 3.8) is 0 Å². The predicted molar refractivity (Wildman–Crippen MR) is 67.1 cm³/mol. The maximum atomic E-state index is 11.4. The molecule has 0 aliphatic rings. The Morgan fingerprint density at radius 3 is 2.47 bits per heavy atom. The molecule has 0 fully saturated rings. The van der Waals surface area contributed by atoms with E-state index in [1.54, 1.807) is 6.92 Å². The van der Waals surface area contributed by atoms with Gasteiger partial charge in [-0.1, -0.05) is 15.9 Å². The molecule has 1 aromatic rings. The number of carbonyl (C=O) groups excluding carboxylic acids is 1. The first-order valence-corrected chi connectivity index (χ1v) is 5.82. The number of ether oxygens (including phenoxy) is 2. The summed E-state index contributed by atoms with van der Waals surface area (Å²) in [7, 11) is 2.74. The van der Waals surface area contributed by atoms with Crippen LogP contribution in [-0.4, -0.2) is 25.3 Å². The first-order valence-electron chi connectivity index (χ1n) is 5.03. The summed E-state index contributed by atoms with van der Waals surface area (Å²) >= 11 is 3.40. The molecule has 0 radical (unpaired) electrons. The Morgan fingerprint density at radius 2 is 2.00 bits per heavy atom. The third-order valence-corrected chi connectivity index (χ3v) is 3.44. The number of benzene rings is 1. The molecular weight excluding hydrogens is 288 g/mol. The van der Waals surface area contributed by atoms with E-state index in [-0.39, 0.29) is 0 Å². The highest BCUT2D eigenvalue weighted by molar-refractivity contribution is 9.10. The molecule has 5 heteroatoms. The van der Waals surface area contributed by atoms with Crippen molar-refractivity contribution in [1.29, 1.82) is 0 Å². The van der Waals surface area contributed by atoms with Crippen molar-refractivity contribution in [1.82, 2.24) is 0 Å². The van der Waals surface area contributed by atoms with Crippen LogP contribution in [0, 0.1) is 13.8 Å². The van der Waals surface area contributed by atoms with Gasteiger partial charge in [-0.3, -0.25) is 0 Å². The van der Waals surface area contributed by atoms with E-state index < -0.39 is 12.1 Å². The third-order valence-electron chi connectivity index (χ3n) is 2.61. The van der Waals surface area contributed by atoms with Crippen molar-refractivity contribution in [3.8, 4) is 5.75 Å². The van der Waals surface area contributed by atoms with Gasteiger partial charge in [0.2, 0.25) is 0 Å². The molecular formula is C12H15BrO4. The van der Waals surface area contributed by atoms with Crippen molar-refractivity contribution < 1.29 is 19.4 Å². The van der Waals surface area contributed by atoms with Crippen LogP contribution in [0.4, 0.5) is 0 Å². The monoisotopic (exact) mass is 302 g/mol. The molecule has 0 heterocycles. The summed E-state index contributed by atoms with van der Waals surface area (Å²) in [5.74, 6) is -0.206. The Balaban J connectivity index is 3.41. The van der Waals surface area contributed by atoms with Gasteiger partial charge >= 0.3 is 5.97 Å². The van der Waals surface area contributed by atoms with Gasteiger partial charge in [0.05, 0.1) is 14.2 Å². The zero-order valence-corrected chi connectivity index (χ0v) is 11.8. The minimum Gasteiger partial charge on any atom is -0.496 e. The van der Waals surface area contributed by atoms with Gasteiger partial charge in [-0.25, -0.2) is 4.79 Å². The summed E-state index contributed by atoms with van der Waals surface area (Å²) in [5.41, 5.74) is 2.04. The Bertz CT molecular complexity index is 443. The van der Waals surface area contributed by atoms with Gasteiger partial charge in [-0.2, -0.15) is 0 Å². The van der Waals surface area contributed by atoms with Crippen LogP contribution in [0.1, 0.15) is 22.8 Å². The fourth-order valence-corrected chi connectivity index (χ4v) is 2.22. The van der Waals surface area contributed by atoms with Gasteiger partial charge in [0.1, 0.15) is 5.75 Å². The zero-order chi connectivity index (χ0) is 13.2. The van der Waals surface area contributed by atoms with Crippen LogP contribution in [0.3, 0.4) is 0 Å². The summed E-state index contributed by atoms with van der Waals surface area (Å²) in [6.45, 7) is 3.64. The van der Waals surface area contributed by atoms with Crippen LogP contribution < -0.4 is 4.74 Å². The number of aliphatic hydroxyl groups is 1. The van der Waals surface area contributed by atoms with Crippen molar-refractivity contribution >= 4 is 21.9 Å². The van der Waals surface area contributed by atoms with Crippen LogP contribution in [0.2, 0.25) is 0 Å². The van der Waals surface area contributed by atoms with Gasteiger partial charge < -0.3 is 14.6 Å². The van der Waals surface area contributed by atoms with Gasteiger partial charge in [0.15, 0.2) is 6.10 Å². The highest BCUT2D eigenvalue weighted by atomic mass is 79.9. The number of aliphatic hydroxyl groups excluding tert-OH is 1. The zero-order valence-electron chi connectivity index (χ0n) is 10.2. The first-order chi connectivity index (χ1) is 7.93. The minimum atomic E-state index is -1.33. The fraction of sp³-hybridized carbons (Fsp3) is 0.417. The molecule has 1 rings (SSSR count). The van der Waals surface area contributed by atoms with Crippen molar-refractivity contribution in [2.24, 2.45) is 0 Å². The van der Waals surface area contributed by atoms with Crippen LogP contribution in [0.25, 0.3) is 0 Å². The standard InChI is InChI=1S/C12H15BrO4/c1-6-5-8(13)7(2)11(16-3)9(6)10(14)12(15)17-4/h5,10,14H,1-4H3.